The van der Waals surface area contributed by atoms with Gasteiger partial charge in [-0.05, 0) is 31.7 Å². The molecule has 1 aromatic rings. The summed E-state index contributed by atoms with van der Waals surface area (Å²) in [5.74, 6) is 4.51. The van der Waals surface area contributed by atoms with Crippen LogP contribution >= 0.6 is 0 Å². The van der Waals surface area contributed by atoms with Crippen LogP contribution in [0.15, 0.2) is 10.6 Å². The molecule has 2 aliphatic carbocycles. The maximum absolute atomic E-state index is 5.71. The smallest absolute Gasteiger partial charge is 0.208 e. The Labute approximate surface area is 83.9 Å². The molecule has 0 radical (unpaired) electrons. The maximum Gasteiger partial charge on any atom is 0.208 e. The van der Waals surface area contributed by atoms with Crippen molar-refractivity contribution in [2.45, 2.75) is 31.7 Å². The molecular formula is C11H16N2O. The van der Waals surface area contributed by atoms with Gasteiger partial charge < -0.3 is 9.73 Å². The lowest BCUT2D eigenvalue weighted by atomic mass is 10.1. The average Bonchev–Trinajstić information content (AvgIpc) is 2.63. The van der Waals surface area contributed by atoms with E-state index in [4.69, 9.17) is 4.42 Å². The molecule has 2 atom stereocenters. The van der Waals surface area contributed by atoms with Crippen LogP contribution in [0.3, 0.4) is 0 Å². The maximum atomic E-state index is 5.71. The van der Waals surface area contributed by atoms with Crippen molar-refractivity contribution >= 4 is 0 Å². The van der Waals surface area contributed by atoms with Crippen molar-refractivity contribution in [1.82, 2.24) is 10.3 Å². The van der Waals surface area contributed by atoms with Crippen LogP contribution in [0.25, 0.3) is 0 Å². The van der Waals surface area contributed by atoms with Gasteiger partial charge in [0.25, 0.3) is 0 Å². The van der Waals surface area contributed by atoms with E-state index >= 15 is 0 Å². The number of hydrogen-bond acceptors (Lipinski definition) is 3. The van der Waals surface area contributed by atoms with Gasteiger partial charge in [-0.2, -0.15) is 0 Å². The molecule has 14 heavy (non-hydrogen) atoms. The first-order chi connectivity index (χ1) is 6.90. The third kappa shape index (κ3) is 1.19. The number of nitrogens with one attached hydrogen (secondary N) is 1. The van der Waals surface area contributed by atoms with Gasteiger partial charge in [-0.1, -0.05) is 6.42 Å². The summed E-state index contributed by atoms with van der Waals surface area (Å²) in [6.45, 7) is 0.738. The second-order valence-corrected chi connectivity index (χ2v) is 4.47. The third-order valence-corrected chi connectivity index (χ3v) is 3.63. The summed E-state index contributed by atoms with van der Waals surface area (Å²) in [5.41, 5.74) is 0. The fraction of sp³-hybridized carbons (Fsp3) is 0.727. The zero-order chi connectivity index (χ0) is 9.54. The predicted molar refractivity (Wildman–Crippen MR) is 52.8 cm³/mol. The lowest BCUT2D eigenvalue weighted by Gasteiger charge is -1.97. The summed E-state index contributed by atoms with van der Waals surface area (Å²) >= 11 is 0. The van der Waals surface area contributed by atoms with Gasteiger partial charge in [-0.3, -0.25) is 0 Å². The van der Waals surface area contributed by atoms with Crippen LogP contribution in [-0.2, 0) is 6.54 Å². The van der Waals surface area contributed by atoms with Gasteiger partial charge in [0.1, 0.15) is 5.76 Å². The first-order valence-corrected chi connectivity index (χ1v) is 5.49. The Morgan fingerprint density at radius 2 is 2.29 bits per heavy atom. The summed E-state index contributed by atoms with van der Waals surface area (Å²) in [5, 5.41) is 3.05. The molecule has 2 fully saturated rings. The van der Waals surface area contributed by atoms with E-state index in [1.165, 1.54) is 19.3 Å². The molecule has 0 bridgehead atoms. The van der Waals surface area contributed by atoms with Crippen LogP contribution in [0, 0.1) is 11.8 Å². The van der Waals surface area contributed by atoms with Crippen molar-refractivity contribution in [3.63, 3.8) is 0 Å². The largest absolute Gasteiger partial charge is 0.444 e. The molecule has 2 unspecified atom stereocenters. The molecule has 0 saturated heterocycles. The van der Waals surface area contributed by atoms with Crippen molar-refractivity contribution in [3.8, 4) is 0 Å². The van der Waals surface area contributed by atoms with E-state index in [1.807, 2.05) is 13.2 Å². The van der Waals surface area contributed by atoms with Gasteiger partial charge in [0.2, 0.25) is 5.89 Å². The number of fused-ring (bicyclic) bond motifs is 1. The van der Waals surface area contributed by atoms with Gasteiger partial charge in [-0.15, -0.1) is 0 Å². The second kappa shape index (κ2) is 3.09. The van der Waals surface area contributed by atoms with E-state index in [-0.39, 0.29) is 0 Å². The molecule has 0 aliphatic heterocycles. The highest BCUT2D eigenvalue weighted by atomic mass is 16.4. The summed E-state index contributed by atoms with van der Waals surface area (Å²) in [4.78, 5) is 4.27. The van der Waals surface area contributed by atoms with Crippen molar-refractivity contribution in [1.29, 1.82) is 0 Å². The Bertz CT molecular complexity index is 324. The molecule has 1 heterocycles. The van der Waals surface area contributed by atoms with E-state index in [0.29, 0.717) is 5.92 Å². The van der Waals surface area contributed by atoms with Crippen LogP contribution in [-0.4, -0.2) is 12.0 Å². The third-order valence-electron chi connectivity index (χ3n) is 3.63. The monoisotopic (exact) mass is 192 g/mol. The Morgan fingerprint density at radius 3 is 3.00 bits per heavy atom. The summed E-state index contributed by atoms with van der Waals surface area (Å²) in [6, 6.07) is 0. The number of hydrogen-bond donors (Lipinski definition) is 1. The van der Waals surface area contributed by atoms with Gasteiger partial charge >= 0.3 is 0 Å². The fourth-order valence-electron chi connectivity index (χ4n) is 2.95. The molecule has 1 aromatic heterocycles. The highest BCUT2D eigenvalue weighted by Crippen LogP contribution is 2.63. The van der Waals surface area contributed by atoms with Crippen LogP contribution in [0.4, 0.5) is 0 Å². The lowest BCUT2D eigenvalue weighted by Crippen LogP contribution is -2.04. The highest BCUT2D eigenvalue weighted by Gasteiger charge is 2.54. The molecule has 0 amide bonds. The predicted octanol–water partition coefficient (Wildman–Crippen LogP) is 1.91. The zero-order valence-electron chi connectivity index (χ0n) is 8.49. The van der Waals surface area contributed by atoms with E-state index < -0.39 is 0 Å². The van der Waals surface area contributed by atoms with E-state index in [1.54, 1.807) is 0 Å². The van der Waals surface area contributed by atoms with Crippen molar-refractivity contribution in [2.75, 3.05) is 7.05 Å². The number of nitrogens with zero attached hydrogens (tertiary/aromatic N) is 1. The number of aromatic nitrogens is 1. The van der Waals surface area contributed by atoms with Gasteiger partial charge in [0.05, 0.1) is 12.7 Å². The highest BCUT2D eigenvalue weighted by molar-refractivity contribution is 5.19. The van der Waals surface area contributed by atoms with Crippen molar-refractivity contribution < 1.29 is 4.42 Å². The van der Waals surface area contributed by atoms with Crippen molar-refractivity contribution in [3.05, 3.63) is 17.8 Å². The van der Waals surface area contributed by atoms with Gasteiger partial charge in [0.15, 0.2) is 0 Å². The number of oxazole rings is 1. The van der Waals surface area contributed by atoms with Gasteiger partial charge in [0, 0.05) is 5.92 Å². The standard InChI is InChI=1S/C11H16N2O/c1-12-6-10-13-5-9(14-10)11-7-3-2-4-8(7)11/h5,7-8,11-12H,2-4,6H2,1H3. The Hall–Kier alpha value is -0.830. The zero-order valence-corrected chi connectivity index (χ0v) is 8.49. The van der Waals surface area contributed by atoms with E-state index in [9.17, 15) is 0 Å². The fourth-order valence-corrected chi connectivity index (χ4v) is 2.95. The topological polar surface area (TPSA) is 38.1 Å². The molecular weight excluding hydrogens is 176 g/mol. The molecule has 0 aromatic carbocycles. The summed E-state index contributed by atoms with van der Waals surface area (Å²) < 4.78 is 5.71. The first kappa shape index (κ1) is 8.48. The van der Waals surface area contributed by atoms with Crippen LogP contribution in [0.5, 0.6) is 0 Å². The van der Waals surface area contributed by atoms with E-state index in [2.05, 4.69) is 10.3 Å². The first-order valence-electron chi connectivity index (χ1n) is 5.49. The molecule has 3 rings (SSSR count). The average molecular weight is 192 g/mol. The molecule has 3 heteroatoms. The van der Waals surface area contributed by atoms with Crippen LogP contribution in [0.2, 0.25) is 0 Å². The summed E-state index contributed by atoms with van der Waals surface area (Å²) in [6.07, 6.45) is 6.15. The Morgan fingerprint density at radius 1 is 1.50 bits per heavy atom. The Balaban J connectivity index is 1.72. The minimum atomic E-state index is 0.710. The molecule has 3 nitrogen and oxygen atoms in total. The minimum Gasteiger partial charge on any atom is -0.444 e. The lowest BCUT2D eigenvalue weighted by molar-refractivity contribution is 0.430. The summed E-state index contributed by atoms with van der Waals surface area (Å²) in [7, 11) is 1.91. The molecule has 76 valence electrons. The van der Waals surface area contributed by atoms with Gasteiger partial charge in [-0.25, -0.2) is 4.98 Å². The molecule has 2 saturated carbocycles. The Kier molecular flexibility index (Phi) is 1.87. The minimum absolute atomic E-state index is 0.710. The van der Waals surface area contributed by atoms with E-state index in [0.717, 1.165) is 30.0 Å². The molecule has 1 N–H and O–H groups in total. The normalized spacial score (nSPS) is 34.5. The number of rotatable bonds is 3. The van der Waals surface area contributed by atoms with Crippen molar-refractivity contribution in [2.24, 2.45) is 11.8 Å². The van der Waals surface area contributed by atoms with Crippen LogP contribution < -0.4 is 5.32 Å². The quantitative estimate of drug-likeness (QED) is 0.795. The molecule has 0 spiro atoms. The molecule has 2 aliphatic rings. The second-order valence-electron chi connectivity index (χ2n) is 4.47. The SMILES string of the molecule is CNCc1ncc(C2C3CCCC32)o1. The van der Waals surface area contributed by atoms with Crippen LogP contribution in [0.1, 0.15) is 36.8 Å².